The van der Waals surface area contributed by atoms with Crippen LogP contribution in [0.4, 0.5) is 0 Å². The molecule has 0 radical (unpaired) electrons. The molecular weight excluding hydrogens is 306 g/mol. The number of benzene rings is 2. The third-order valence-corrected chi connectivity index (χ3v) is 4.68. The monoisotopic (exact) mass is 325 g/mol. The lowest BCUT2D eigenvalue weighted by atomic mass is 9.88. The third-order valence-electron chi connectivity index (χ3n) is 4.68. The Morgan fingerprint density at radius 3 is 2.62 bits per heavy atom. The maximum Gasteiger partial charge on any atom is 0.251 e. The maximum absolute atomic E-state index is 12.4. The SMILES string of the molecule is O=C(NC[C@](O)(c1ccccc1)C1CC1)c1ccc2c(c1)OCO2. The summed E-state index contributed by atoms with van der Waals surface area (Å²) in [6.07, 6.45) is 1.95. The minimum atomic E-state index is -1.02. The van der Waals surface area contributed by atoms with Crippen LogP contribution >= 0.6 is 0 Å². The molecular formula is C19H19NO4. The summed E-state index contributed by atoms with van der Waals surface area (Å²) < 4.78 is 10.6. The fourth-order valence-corrected chi connectivity index (χ4v) is 3.12. The highest BCUT2D eigenvalue weighted by Crippen LogP contribution is 2.45. The van der Waals surface area contributed by atoms with Crippen LogP contribution in [0.5, 0.6) is 11.5 Å². The average Bonchev–Trinajstić information content (AvgIpc) is 3.38. The fourth-order valence-electron chi connectivity index (χ4n) is 3.12. The molecule has 1 aliphatic heterocycles. The number of fused-ring (bicyclic) bond motifs is 1. The molecule has 1 saturated carbocycles. The van der Waals surface area contributed by atoms with Gasteiger partial charge in [-0.2, -0.15) is 0 Å². The first-order valence-corrected chi connectivity index (χ1v) is 8.12. The van der Waals surface area contributed by atoms with Crippen molar-refractivity contribution in [3.8, 4) is 11.5 Å². The first-order chi connectivity index (χ1) is 11.7. The lowest BCUT2D eigenvalue weighted by Crippen LogP contribution is -2.42. The van der Waals surface area contributed by atoms with Crippen molar-refractivity contribution < 1.29 is 19.4 Å². The lowest BCUT2D eigenvalue weighted by Gasteiger charge is -2.29. The maximum atomic E-state index is 12.4. The summed E-state index contributed by atoms with van der Waals surface area (Å²) in [6.45, 7) is 0.366. The molecule has 5 nitrogen and oxygen atoms in total. The predicted octanol–water partition coefficient (Wildman–Crippen LogP) is 2.44. The van der Waals surface area contributed by atoms with Crippen LogP contribution in [0.3, 0.4) is 0 Å². The van der Waals surface area contributed by atoms with Gasteiger partial charge < -0.3 is 19.9 Å². The van der Waals surface area contributed by atoms with Gasteiger partial charge in [0.2, 0.25) is 6.79 Å². The molecule has 1 atom stereocenters. The van der Waals surface area contributed by atoms with Crippen molar-refractivity contribution >= 4 is 5.91 Å². The number of rotatable bonds is 5. The van der Waals surface area contributed by atoms with Gasteiger partial charge in [-0.05, 0) is 42.5 Å². The van der Waals surface area contributed by atoms with E-state index in [-0.39, 0.29) is 25.2 Å². The summed E-state index contributed by atoms with van der Waals surface area (Å²) in [5, 5.41) is 14.0. The molecule has 24 heavy (non-hydrogen) atoms. The van der Waals surface area contributed by atoms with E-state index >= 15 is 0 Å². The molecule has 1 heterocycles. The number of carbonyl (C=O) groups excluding carboxylic acids is 1. The molecule has 4 rings (SSSR count). The Balaban J connectivity index is 1.49. The standard InChI is InChI=1S/C19H19NO4/c21-18(13-6-9-16-17(10-13)24-12-23-16)20-11-19(22,15-7-8-15)14-4-2-1-3-5-14/h1-6,9-10,15,22H,7-8,11-12H2,(H,20,21)/t19-/m0/s1. The van der Waals surface area contributed by atoms with Crippen molar-refractivity contribution in [2.45, 2.75) is 18.4 Å². The number of aliphatic hydroxyl groups is 1. The number of hydrogen-bond acceptors (Lipinski definition) is 4. The van der Waals surface area contributed by atoms with Crippen LogP contribution in [0.2, 0.25) is 0 Å². The number of hydrogen-bond donors (Lipinski definition) is 2. The molecule has 5 heteroatoms. The van der Waals surface area contributed by atoms with E-state index in [2.05, 4.69) is 5.32 Å². The molecule has 2 aliphatic rings. The first-order valence-electron chi connectivity index (χ1n) is 8.12. The topological polar surface area (TPSA) is 67.8 Å². The minimum absolute atomic E-state index is 0.176. The second kappa shape index (κ2) is 5.83. The van der Waals surface area contributed by atoms with Gasteiger partial charge >= 0.3 is 0 Å². The molecule has 124 valence electrons. The Bertz CT molecular complexity index is 757. The van der Waals surface area contributed by atoms with Crippen molar-refractivity contribution in [2.75, 3.05) is 13.3 Å². The molecule has 2 aromatic rings. The fraction of sp³-hybridized carbons (Fsp3) is 0.316. The Hall–Kier alpha value is -2.53. The summed E-state index contributed by atoms with van der Waals surface area (Å²) in [4.78, 5) is 12.4. The highest BCUT2D eigenvalue weighted by molar-refractivity contribution is 5.95. The molecule has 2 N–H and O–H groups in total. The molecule has 1 amide bonds. The second-order valence-corrected chi connectivity index (χ2v) is 6.32. The predicted molar refractivity (Wildman–Crippen MR) is 88.0 cm³/mol. The zero-order chi connectivity index (χ0) is 16.6. The first kappa shape index (κ1) is 15.0. The van der Waals surface area contributed by atoms with Gasteiger partial charge in [0.1, 0.15) is 5.60 Å². The van der Waals surface area contributed by atoms with Gasteiger partial charge in [0.05, 0.1) is 6.54 Å². The van der Waals surface area contributed by atoms with Crippen molar-refractivity contribution in [3.63, 3.8) is 0 Å². The van der Waals surface area contributed by atoms with E-state index in [1.165, 1.54) is 0 Å². The Kier molecular flexibility index (Phi) is 3.65. The lowest BCUT2D eigenvalue weighted by molar-refractivity contribution is 0.0135. The van der Waals surface area contributed by atoms with Gasteiger partial charge in [0.15, 0.2) is 11.5 Å². The molecule has 2 aromatic carbocycles. The number of ether oxygens (including phenoxy) is 2. The summed E-state index contributed by atoms with van der Waals surface area (Å²) in [7, 11) is 0. The van der Waals surface area contributed by atoms with E-state index in [0.717, 1.165) is 18.4 Å². The van der Waals surface area contributed by atoms with Crippen LogP contribution in [-0.2, 0) is 5.60 Å². The molecule has 0 unspecified atom stereocenters. The normalized spacial score (nSPS) is 18.0. The quantitative estimate of drug-likeness (QED) is 0.886. The van der Waals surface area contributed by atoms with Gasteiger partial charge in [0.25, 0.3) is 5.91 Å². The van der Waals surface area contributed by atoms with Gasteiger partial charge in [-0.25, -0.2) is 0 Å². The van der Waals surface area contributed by atoms with E-state index in [9.17, 15) is 9.90 Å². The van der Waals surface area contributed by atoms with Crippen LogP contribution in [0.25, 0.3) is 0 Å². The van der Waals surface area contributed by atoms with E-state index in [0.29, 0.717) is 17.1 Å². The Morgan fingerprint density at radius 2 is 1.88 bits per heavy atom. The smallest absolute Gasteiger partial charge is 0.251 e. The largest absolute Gasteiger partial charge is 0.454 e. The summed E-state index contributed by atoms with van der Waals surface area (Å²) in [5.41, 5.74) is 0.316. The second-order valence-electron chi connectivity index (χ2n) is 6.32. The summed E-state index contributed by atoms with van der Waals surface area (Å²) in [6, 6.07) is 14.6. The number of carbonyl (C=O) groups is 1. The van der Waals surface area contributed by atoms with Crippen LogP contribution in [0, 0.1) is 5.92 Å². The van der Waals surface area contributed by atoms with Crippen molar-refractivity contribution in [1.82, 2.24) is 5.32 Å². The highest BCUT2D eigenvalue weighted by atomic mass is 16.7. The zero-order valence-electron chi connectivity index (χ0n) is 13.2. The average molecular weight is 325 g/mol. The molecule has 0 spiro atoms. The van der Waals surface area contributed by atoms with Crippen LogP contribution in [-0.4, -0.2) is 24.4 Å². The summed E-state index contributed by atoms with van der Waals surface area (Å²) in [5.74, 6) is 1.17. The van der Waals surface area contributed by atoms with Crippen LogP contribution in [0.1, 0.15) is 28.8 Å². The van der Waals surface area contributed by atoms with Crippen molar-refractivity contribution in [1.29, 1.82) is 0 Å². The van der Waals surface area contributed by atoms with E-state index in [4.69, 9.17) is 9.47 Å². The van der Waals surface area contributed by atoms with E-state index in [1.54, 1.807) is 18.2 Å². The molecule has 1 fully saturated rings. The van der Waals surface area contributed by atoms with E-state index in [1.807, 2.05) is 30.3 Å². The Morgan fingerprint density at radius 1 is 1.12 bits per heavy atom. The summed E-state index contributed by atoms with van der Waals surface area (Å²) >= 11 is 0. The molecule has 0 saturated heterocycles. The highest BCUT2D eigenvalue weighted by Gasteiger charge is 2.45. The molecule has 0 aromatic heterocycles. The van der Waals surface area contributed by atoms with Gasteiger partial charge in [0, 0.05) is 5.56 Å². The zero-order valence-corrected chi connectivity index (χ0v) is 13.2. The minimum Gasteiger partial charge on any atom is -0.454 e. The Labute approximate surface area is 140 Å². The van der Waals surface area contributed by atoms with Gasteiger partial charge in [-0.1, -0.05) is 30.3 Å². The molecule has 1 aliphatic carbocycles. The van der Waals surface area contributed by atoms with Crippen LogP contribution in [0.15, 0.2) is 48.5 Å². The van der Waals surface area contributed by atoms with Crippen molar-refractivity contribution in [2.24, 2.45) is 5.92 Å². The molecule has 0 bridgehead atoms. The van der Waals surface area contributed by atoms with Gasteiger partial charge in [-0.15, -0.1) is 0 Å². The van der Waals surface area contributed by atoms with Gasteiger partial charge in [-0.3, -0.25) is 4.79 Å². The van der Waals surface area contributed by atoms with Crippen molar-refractivity contribution in [3.05, 3.63) is 59.7 Å². The number of amides is 1. The van der Waals surface area contributed by atoms with E-state index < -0.39 is 5.60 Å². The third kappa shape index (κ3) is 2.71. The number of nitrogens with one attached hydrogen (secondary N) is 1. The van der Waals surface area contributed by atoms with Crippen LogP contribution < -0.4 is 14.8 Å².